The topological polar surface area (TPSA) is 71.1 Å². The number of carbonyl (C=O) groups is 2. The molecule has 2 amide bonds. The molecule has 0 unspecified atom stereocenters. The predicted octanol–water partition coefficient (Wildman–Crippen LogP) is 5.15. The second-order valence-electron chi connectivity index (χ2n) is 5.95. The summed E-state index contributed by atoms with van der Waals surface area (Å²) < 4.78 is 1.00. The van der Waals surface area contributed by atoms with Gasteiger partial charge >= 0.3 is 0 Å². The van der Waals surface area contributed by atoms with Crippen molar-refractivity contribution in [1.29, 1.82) is 0 Å². The monoisotopic (exact) mass is 463 g/mol. The molecule has 1 aromatic carbocycles. The maximum absolute atomic E-state index is 12.5. The van der Waals surface area contributed by atoms with Gasteiger partial charge < -0.3 is 10.6 Å². The second-order valence-corrected chi connectivity index (χ2v) is 9.05. The minimum atomic E-state index is -0.338. The van der Waals surface area contributed by atoms with Crippen molar-refractivity contribution < 1.29 is 9.59 Å². The fourth-order valence-corrected chi connectivity index (χ4v) is 4.53. The smallest absolute Gasteiger partial charge is 0.228 e. The number of rotatable bonds is 6. The van der Waals surface area contributed by atoms with Gasteiger partial charge in [0.2, 0.25) is 11.8 Å². The number of thiophene rings is 1. The first-order valence-corrected chi connectivity index (χ1v) is 10.7. The first kappa shape index (κ1) is 19.7. The van der Waals surface area contributed by atoms with E-state index in [2.05, 4.69) is 31.5 Å². The van der Waals surface area contributed by atoms with E-state index in [1.54, 1.807) is 0 Å². The molecule has 27 heavy (non-hydrogen) atoms. The fraction of sp³-hybridized carbons (Fsp3) is 0.211. The van der Waals surface area contributed by atoms with Crippen LogP contribution in [-0.2, 0) is 9.59 Å². The van der Waals surface area contributed by atoms with Crippen molar-refractivity contribution in [1.82, 2.24) is 10.3 Å². The van der Waals surface area contributed by atoms with Crippen molar-refractivity contribution in [2.24, 2.45) is 0 Å². The summed E-state index contributed by atoms with van der Waals surface area (Å²) in [6.07, 6.45) is 0.159. The lowest BCUT2D eigenvalue weighted by Crippen LogP contribution is -2.29. The molecule has 0 bridgehead atoms. The van der Waals surface area contributed by atoms with Crippen molar-refractivity contribution in [2.75, 3.05) is 5.32 Å². The molecule has 0 fully saturated rings. The molecule has 3 aromatic rings. The highest BCUT2D eigenvalue weighted by Gasteiger charge is 2.19. The number of carbonyl (C=O) groups excluding carboxylic acids is 2. The largest absolute Gasteiger partial charge is 0.348 e. The van der Waals surface area contributed by atoms with E-state index in [0.717, 1.165) is 25.5 Å². The highest BCUT2D eigenvalue weighted by molar-refractivity contribution is 9.10. The molecule has 0 aliphatic carbocycles. The highest BCUT2D eigenvalue weighted by Crippen LogP contribution is 2.31. The number of aryl methyl sites for hydroxylation is 1. The van der Waals surface area contributed by atoms with Crippen LogP contribution in [0.25, 0.3) is 11.3 Å². The molecule has 3 rings (SSSR count). The van der Waals surface area contributed by atoms with E-state index in [1.807, 2.05) is 48.7 Å². The van der Waals surface area contributed by atoms with Crippen LogP contribution in [-0.4, -0.2) is 16.8 Å². The van der Waals surface area contributed by atoms with Crippen molar-refractivity contribution >= 4 is 55.5 Å². The zero-order valence-corrected chi connectivity index (χ0v) is 18.0. The fourth-order valence-electron chi connectivity index (χ4n) is 2.64. The van der Waals surface area contributed by atoms with E-state index >= 15 is 0 Å². The van der Waals surface area contributed by atoms with Gasteiger partial charge in [-0.15, -0.1) is 22.7 Å². The number of hydrogen-bond donors (Lipinski definition) is 2. The Kier molecular flexibility index (Phi) is 6.41. The van der Waals surface area contributed by atoms with Crippen LogP contribution in [0.2, 0.25) is 0 Å². The van der Waals surface area contributed by atoms with Crippen molar-refractivity contribution in [3.63, 3.8) is 0 Å². The van der Waals surface area contributed by atoms with Gasteiger partial charge in [-0.25, -0.2) is 4.98 Å². The van der Waals surface area contributed by atoms with Gasteiger partial charge in [-0.1, -0.05) is 34.1 Å². The molecule has 0 saturated heterocycles. The Morgan fingerprint density at radius 1 is 1.22 bits per heavy atom. The highest BCUT2D eigenvalue weighted by atomic mass is 79.9. The van der Waals surface area contributed by atoms with Gasteiger partial charge in [0, 0.05) is 26.7 Å². The van der Waals surface area contributed by atoms with Gasteiger partial charge in [-0.3, -0.25) is 9.59 Å². The molecule has 1 atom stereocenters. The number of nitrogens with zero attached hydrogens (tertiary/aromatic N) is 1. The third kappa shape index (κ3) is 5.24. The average Bonchev–Trinajstić information content (AvgIpc) is 3.24. The minimum absolute atomic E-state index is 0.159. The molecule has 0 spiro atoms. The normalized spacial score (nSPS) is 11.8. The maximum Gasteiger partial charge on any atom is 0.228 e. The lowest BCUT2D eigenvalue weighted by Gasteiger charge is -2.15. The number of thiazole rings is 1. The Balaban J connectivity index is 1.71. The quantitative estimate of drug-likeness (QED) is 0.530. The Morgan fingerprint density at radius 2 is 1.96 bits per heavy atom. The third-order valence-corrected chi connectivity index (χ3v) is 6.22. The SMILES string of the molecule is CC(=O)N[C@@H](CC(=O)Nc1nc(-c2ccc(Br)cc2)c(C)s1)c1cccs1. The van der Waals surface area contributed by atoms with Crippen molar-refractivity contribution in [3.8, 4) is 11.3 Å². The van der Waals surface area contributed by atoms with Crippen LogP contribution < -0.4 is 10.6 Å². The average molecular weight is 464 g/mol. The lowest BCUT2D eigenvalue weighted by atomic mass is 10.1. The molecule has 2 aromatic heterocycles. The van der Waals surface area contributed by atoms with E-state index in [0.29, 0.717) is 5.13 Å². The second kappa shape index (κ2) is 8.77. The van der Waals surface area contributed by atoms with Crippen molar-refractivity contribution in [2.45, 2.75) is 26.3 Å². The van der Waals surface area contributed by atoms with Crippen LogP contribution in [0.15, 0.2) is 46.3 Å². The van der Waals surface area contributed by atoms with Gasteiger partial charge in [0.05, 0.1) is 18.2 Å². The number of anilines is 1. The number of halogens is 1. The summed E-state index contributed by atoms with van der Waals surface area (Å²) in [5, 5.41) is 8.18. The van der Waals surface area contributed by atoms with Crippen LogP contribution in [0.1, 0.15) is 29.1 Å². The van der Waals surface area contributed by atoms with E-state index in [4.69, 9.17) is 0 Å². The van der Waals surface area contributed by atoms with Gasteiger partial charge in [-0.05, 0) is 30.5 Å². The summed E-state index contributed by atoms with van der Waals surface area (Å²) in [6.45, 7) is 3.43. The Labute approximate surface area is 174 Å². The number of benzene rings is 1. The molecular formula is C19H18BrN3O2S2. The van der Waals surface area contributed by atoms with Crippen LogP contribution in [0.4, 0.5) is 5.13 Å². The molecule has 0 aliphatic heterocycles. The molecular weight excluding hydrogens is 446 g/mol. The molecule has 0 saturated carbocycles. The molecule has 0 aliphatic rings. The number of aromatic nitrogens is 1. The molecule has 140 valence electrons. The summed E-state index contributed by atoms with van der Waals surface area (Å²) in [5.74, 6) is -0.345. The van der Waals surface area contributed by atoms with E-state index in [9.17, 15) is 9.59 Å². The van der Waals surface area contributed by atoms with E-state index in [-0.39, 0.29) is 24.3 Å². The number of hydrogen-bond acceptors (Lipinski definition) is 5. The Bertz CT molecular complexity index is 937. The lowest BCUT2D eigenvalue weighted by molar-refractivity contribution is -0.120. The predicted molar refractivity (Wildman–Crippen MR) is 114 cm³/mol. The zero-order chi connectivity index (χ0) is 19.4. The molecule has 5 nitrogen and oxygen atoms in total. The molecule has 2 N–H and O–H groups in total. The first-order chi connectivity index (χ1) is 12.9. The number of nitrogens with one attached hydrogen (secondary N) is 2. The van der Waals surface area contributed by atoms with E-state index in [1.165, 1.54) is 29.6 Å². The molecule has 0 radical (unpaired) electrons. The summed E-state index contributed by atoms with van der Waals surface area (Å²) >= 11 is 6.38. The van der Waals surface area contributed by atoms with Gasteiger partial charge in [0.25, 0.3) is 0 Å². The van der Waals surface area contributed by atoms with Crippen LogP contribution in [0, 0.1) is 6.92 Å². The van der Waals surface area contributed by atoms with Gasteiger partial charge in [0.15, 0.2) is 5.13 Å². The summed E-state index contributed by atoms with van der Waals surface area (Å²) in [5.41, 5.74) is 1.86. The maximum atomic E-state index is 12.5. The van der Waals surface area contributed by atoms with Gasteiger partial charge in [0.1, 0.15) is 0 Å². The van der Waals surface area contributed by atoms with E-state index < -0.39 is 0 Å². The van der Waals surface area contributed by atoms with Crippen molar-refractivity contribution in [3.05, 3.63) is 56.0 Å². The van der Waals surface area contributed by atoms with Gasteiger partial charge in [-0.2, -0.15) is 0 Å². The number of amides is 2. The van der Waals surface area contributed by atoms with Crippen LogP contribution in [0.3, 0.4) is 0 Å². The van der Waals surface area contributed by atoms with Crippen LogP contribution >= 0.6 is 38.6 Å². The minimum Gasteiger partial charge on any atom is -0.348 e. The zero-order valence-electron chi connectivity index (χ0n) is 14.8. The Morgan fingerprint density at radius 3 is 2.59 bits per heavy atom. The summed E-state index contributed by atoms with van der Waals surface area (Å²) in [7, 11) is 0. The third-order valence-electron chi connectivity index (χ3n) is 3.81. The molecule has 2 heterocycles. The Hall–Kier alpha value is -2.03. The first-order valence-electron chi connectivity index (χ1n) is 8.26. The van der Waals surface area contributed by atoms with Crippen LogP contribution in [0.5, 0.6) is 0 Å². The molecule has 8 heteroatoms. The summed E-state index contributed by atoms with van der Waals surface area (Å²) in [6, 6.07) is 11.4. The summed E-state index contributed by atoms with van der Waals surface area (Å²) in [4.78, 5) is 30.5. The standard InChI is InChI=1S/C19H18BrN3O2S2/c1-11-18(13-5-7-14(20)8-6-13)23-19(27-11)22-17(25)10-15(21-12(2)24)16-4-3-9-26-16/h3-9,15H,10H2,1-2H3,(H,21,24)(H,22,23,25)/t15-/m0/s1.